The summed E-state index contributed by atoms with van der Waals surface area (Å²) in [5.41, 5.74) is 3.16. The molecule has 0 unspecified atom stereocenters. The van der Waals surface area contributed by atoms with E-state index in [0.717, 1.165) is 5.69 Å². The van der Waals surface area contributed by atoms with Crippen molar-refractivity contribution in [1.82, 2.24) is 10.2 Å². The molecule has 3 aromatic rings. The summed E-state index contributed by atoms with van der Waals surface area (Å²) in [7, 11) is 0. The van der Waals surface area contributed by atoms with Crippen LogP contribution in [0.1, 0.15) is 15.9 Å². The maximum Gasteiger partial charge on any atom is 0.262 e. The van der Waals surface area contributed by atoms with Gasteiger partial charge >= 0.3 is 0 Å². The van der Waals surface area contributed by atoms with Gasteiger partial charge in [-0.1, -0.05) is 40.8 Å². The molecule has 0 aliphatic carbocycles. The number of carbonyl (C=O) groups excluding carboxylic acids is 2. The summed E-state index contributed by atoms with van der Waals surface area (Å²) in [4.78, 5) is 23.9. The van der Waals surface area contributed by atoms with Crippen LogP contribution in [0.2, 0.25) is 0 Å². The van der Waals surface area contributed by atoms with Crippen LogP contribution in [0.25, 0.3) is 0 Å². The minimum absolute atomic E-state index is 0.00779. The molecule has 1 aliphatic rings. The Hall–Kier alpha value is -2.91. The number of ether oxygens (including phenoxy) is 1. The lowest BCUT2D eigenvalue weighted by Crippen LogP contribution is -2.25. The van der Waals surface area contributed by atoms with Crippen molar-refractivity contribution in [2.45, 2.75) is 11.3 Å². The van der Waals surface area contributed by atoms with Crippen LogP contribution >= 0.6 is 23.1 Å². The zero-order valence-corrected chi connectivity index (χ0v) is 16.5. The number of thioether (sulfide) groups is 1. The quantitative estimate of drug-likeness (QED) is 0.468. The van der Waals surface area contributed by atoms with Gasteiger partial charge in [-0.3, -0.25) is 9.59 Å². The van der Waals surface area contributed by atoms with Crippen molar-refractivity contribution in [3.63, 3.8) is 0 Å². The summed E-state index contributed by atoms with van der Waals surface area (Å²) in [5.74, 6) is 0.511. The molecule has 0 saturated carbocycles. The topological polar surface area (TPSA) is 93.2 Å². The molecule has 28 heavy (non-hydrogen) atoms. The lowest BCUT2D eigenvalue weighted by atomic mass is 10.1. The van der Waals surface area contributed by atoms with Crippen molar-refractivity contribution in [3.05, 3.63) is 53.6 Å². The zero-order chi connectivity index (χ0) is 19.5. The molecule has 2 N–H and O–H groups in total. The van der Waals surface area contributed by atoms with Gasteiger partial charge in [0.25, 0.3) is 5.91 Å². The number of anilines is 3. The summed E-state index contributed by atoms with van der Waals surface area (Å²) < 4.78 is 6.01. The third-order valence-corrected chi connectivity index (χ3v) is 5.94. The average molecular weight is 412 g/mol. The highest BCUT2D eigenvalue weighted by molar-refractivity contribution is 8.01. The number of hydrogen-bond donors (Lipinski definition) is 2. The number of ketones is 1. The summed E-state index contributed by atoms with van der Waals surface area (Å²) in [5, 5.41) is 14.8. The third-order valence-electron chi connectivity index (χ3n) is 3.97. The zero-order valence-electron chi connectivity index (χ0n) is 14.9. The Morgan fingerprint density at radius 3 is 2.89 bits per heavy atom. The lowest BCUT2D eigenvalue weighted by Gasteiger charge is -2.18. The molecule has 0 spiro atoms. The van der Waals surface area contributed by atoms with Crippen LogP contribution in [0.15, 0.2) is 46.8 Å². The van der Waals surface area contributed by atoms with E-state index in [2.05, 4.69) is 20.8 Å². The van der Waals surface area contributed by atoms with Crippen molar-refractivity contribution in [3.8, 4) is 5.75 Å². The number of carbonyl (C=O) groups is 2. The first kappa shape index (κ1) is 18.5. The van der Waals surface area contributed by atoms with Crippen molar-refractivity contribution in [2.24, 2.45) is 0 Å². The minimum atomic E-state index is -0.228. The molecule has 2 heterocycles. The second-order valence-corrected chi connectivity index (χ2v) is 8.32. The Kier molecular flexibility index (Phi) is 5.27. The van der Waals surface area contributed by atoms with E-state index in [1.807, 2.05) is 31.2 Å². The van der Waals surface area contributed by atoms with Crippen molar-refractivity contribution >= 4 is 51.3 Å². The van der Waals surface area contributed by atoms with E-state index < -0.39 is 0 Å². The van der Waals surface area contributed by atoms with Gasteiger partial charge in [0.15, 0.2) is 16.7 Å². The van der Waals surface area contributed by atoms with E-state index in [9.17, 15) is 9.59 Å². The van der Waals surface area contributed by atoms with E-state index in [0.29, 0.717) is 26.5 Å². The van der Waals surface area contributed by atoms with E-state index in [-0.39, 0.29) is 24.1 Å². The number of rotatable bonds is 6. The van der Waals surface area contributed by atoms with E-state index in [4.69, 9.17) is 4.74 Å². The first-order chi connectivity index (χ1) is 13.6. The fourth-order valence-electron chi connectivity index (χ4n) is 2.55. The number of hydrogen-bond acceptors (Lipinski definition) is 8. The van der Waals surface area contributed by atoms with Crippen LogP contribution in [0, 0.1) is 6.92 Å². The molecule has 1 aromatic heterocycles. The van der Waals surface area contributed by atoms with Gasteiger partial charge in [0.05, 0.1) is 11.4 Å². The maximum absolute atomic E-state index is 12.5. The number of Topliss-reactive ketones (excluding diaryl/α,β-unsaturated/α-hetero) is 1. The van der Waals surface area contributed by atoms with Gasteiger partial charge in [0.1, 0.15) is 5.75 Å². The van der Waals surface area contributed by atoms with Crippen LogP contribution in [0.5, 0.6) is 5.75 Å². The number of aryl methyl sites for hydroxylation is 1. The molecule has 7 nitrogen and oxygen atoms in total. The minimum Gasteiger partial charge on any atom is -0.482 e. The van der Waals surface area contributed by atoms with Crippen molar-refractivity contribution in [2.75, 3.05) is 23.0 Å². The average Bonchev–Trinajstić information content (AvgIpc) is 3.14. The second kappa shape index (κ2) is 7.99. The molecule has 0 fully saturated rings. The van der Waals surface area contributed by atoms with Crippen LogP contribution in [-0.4, -0.2) is 34.2 Å². The molecule has 2 aromatic carbocycles. The van der Waals surface area contributed by atoms with Gasteiger partial charge in [0, 0.05) is 11.3 Å². The molecule has 0 saturated heterocycles. The van der Waals surface area contributed by atoms with Gasteiger partial charge in [0.2, 0.25) is 5.13 Å². The van der Waals surface area contributed by atoms with Crippen LogP contribution in [0.3, 0.4) is 0 Å². The number of fused-ring (bicyclic) bond motifs is 1. The fourth-order valence-corrected chi connectivity index (χ4v) is 4.21. The highest BCUT2D eigenvalue weighted by atomic mass is 32.2. The normalized spacial score (nSPS) is 12.7. The number of amides is 1. The Balaban J connectivity index is 1.36. The molecule has 0 radical (unpaired) electrons. The van der Waals surface area contributed by atoms with Crippen molar-refractivity contribution < 1.29 is 14.3 Å². The monoisotopic (exact) mass is 412 g/mol. The van der Waals surface area contributed by atoms with Crippen LogP contribution < -0.4 is 15.4 Å². The second-order valence-electron chi connectivity index (χ2n) is 6.12. The summed E-state index contributed by atoms with van der Waals surface area (Å²) in [6, 6.07) is 13.0. The number of benzene rings is 2. The third kappa shape index (κ3) is 4.32. The lowest BCUT2D eigenvalue weighted by molar-refractivity contribution is -0.118. The number of nitrogens with zero attached hydrogens (tertiary/aromatic N) is 2. The highest BCUT2D eigenvalue weighted by Gasteiger charge is 2.18. The molecule has 1 aliphatic heterocycles. The molecule has 9 heteroatoms. The van der Waals surface area contributed by atoms with Gasteiger partial charge in [-0.15, -0.1) is 10.2 Å². The molecule has 142 valence electrons. The van der Waals surface area contributed by atoms with Crippen LogP contribution in [0.4, 0.5) is 16.5 Å². The predicted octanol–water partition coefficient (Wildman–Crippen LogP) is 3.90. The Bertz CT molecular complexity index is 1030. The Labute approximate surface area is 169 Å². The smallest absolute Gasteiger partial charge is 0.262 e. The molecule has 1 amide bonds. The van der Waals surface area contributed by atoms with Gasteiger partial charge < -0.3 is 15.4 Å². The van der Waals surface area contributed by atoms with Crippen LogP contribution in [-0.2, 0) is 4.79 Å². The highest BCUT2D eigenvalue weighted by Crippen LogP contribution is 2.31. The maximum atomic E-state index is 12.5. The fraction of sp³-hybridized carbons (Fsp3) is 0.158. The molecular weight excluding hydrogens is 396 g/mol. The van der Waals surface area contributed by atoms with Gasteiger partial charge in [-0.25, -0.2) is 0 Å². The largest absolute Gasteiger partial charge is 0.482 e. The van der Waals surface area contributed by atoms with Crippen molar-refractivity contribution in [1.29, 1.82) is 0 Å². The van der Waals surface area contributed by atoms with E-state index >= 15 is 0 Å². The van der Waals surface area contributed by atoms with Gasteiger partial charge in [-0.05, 0) is 37.3 Å². The molecular formula is C19H16N4O3S2. The summed E-state index contributed by atoms with van der Waals surface area (Å²) in [6.07, 6.45) is 0. The summed E-state index contributed by atoms with van der Waals surface area (Å²) >= 11 is 2.72. The Morgan fingerprint density at radius 1 is 1.25 bits per heavy atom. The molecule has 0 bridgehead atoms. The summed E-state index contributed by atoms with van der Waals surface area (Å²) in [6.45, 7) is 2.02. The number of aromatic nitrogens is 2. The standard InChI is InChI=1S/C19H16N4O3S2/c1-11-2-5-13(6-3-11)20-18-22-23-19(28-18)27-10-15(24)12-4-7-16-14(8-12)21-17(25)9-26-16/h2-8H,9-10H2,1H3,(H,20,22)(H,21,25). The van der Waals surface area contributed by atoms with E-state index in [1.165, 1.54) is 28.7 Å². The number of nitrogens with one attached hydrogen (secondary N) is 2. The SMILES string of the molecule is Cc1ccc(Nc2nnc(SCC(=O)c3ccc4c(c3)NC(=O)CO4)s2)cc1. The molecule has 0 atom stereocenters. The predicted molar refractivity (Wildman–Crippen MR) is 110 cm³/mol. The first-order valence-corrected chi connectivity index (χ1v) is 10.3. The Morgan fingerprint density at radius 2 is 2.07 bits per heavy atom. The van der Waals surface area contributed by atoms with E-state index in [1.54, 1.807) is 18.2 Å². The molecule has 4 rings (SSSR count). The first-order valence-electron chi connectivity index (χ1n) is 8.47. The van der Waals surface area contributed by atoms with Gasteiger partial charge in [-0.2, -0.15) is 0 Å².